The van der Waals surface area contributed by atoms with Crippen molar-refractivity contribution in [3.05, 3.63) is 11.5 Å². The number of unbranched alkanes of at least 4 members (excludes halogenated alkanes) is 1. The number of hydrogen-bond acceptors (Lipinski definition) is 11. The van der Waals surface area contributed by atoms with Crippen LogP contribution in [0.4, 0.5) is 0 Å². The van der Waals surface area contributed by atoms with Crippen molar-refractivity contribution in [3.63, 3.8) is 0 Å². The Kier molecular flexibility index (Phi) is 8.49. The number of rotatable bonds is 9. The molecule has 1 saturated heterocycles. The van der Waals surface area contributed by atoms with Crippen LogP contribution in [0.5, 0.6) is 0 Å². The predicted octanol–water partition coefficient (Wildman–Crippen LogP) is 2.70. The second-order valence-corrected chi connectivity index (χ2v) is 8.76. The van der Waals surface area contributed by atoms with Crippen LogP contribution in [0.15, 0.2) is 11.5 Å². The number of carbonyl (C=O) groups excluding carboxylic acids is 3. The number of esters is 3. The lowest BCUT2D eigenvalue weighted by Gasteiger charge is -2.23. The van der Waals surface area contributed by atoms with Gasteiger partial charge in [-0.25, -0.2) is 15.0 Å². The molecule has 0 unspecified atom stereocenters. The van der Waals surface area contributed by atoms with Gasteiger partial charge in [-0.1, -0.05) is 36.7 Å². The maximum atomic E-state index is 11.9. The molecule has 180 valence electrons. The van der Waals surface area contributed by atoms with Crippen LogP contribution < -0.4 is 0 Å². The van der Waals surface area contributed by atoms with E-state index in [2.05, 4.69) is 21.9 Å². The van der Waals surface area contributed by atoms with Crippen molar-refractivity contribution in [3.8, 4) is 0 Å². The van der Waals surface area contributed by atoms with Gasteiger partial charge in [0.1, 0.15) is 18.2 Å². The summed E-state index contributed by atoms with van der Waals surface area (Å²) in [6.45, 7) is 5.58. The van der Waals surface area contributed by atoms with E-state index in [0.29, 0.717) is 16.3 Å². The normalized spacial score (nSPS) is 22.3. The van der Waals surface area contributed by atoms with Crippen molar-refractivity contribution in [2.75, 3.05) is 12.4 Å². The van der Waals surface area contributed by atoms with Gasteiger partial charge in [-0.05, 0) is 6.42 Å². The minimum absolute atomic E-state index is 0.174. The van der Waals surface area contributed by atoms with Crippen molar-refractivity contribution in [2.24, 2.45) is 0 Å². The van der Waals surface area contributed by atoms with Gasteiger partial charge < -0.3 is 18.9 Å². The smallest absolute Gasteiger partial charge is 0.303 e. The Balaban J connectivity index is 2.01. The van der Waals surface area contributed by atoms with E-state index in [9.17, 15) is 14.4 Å². The fourth-order valence-corrected chi connectivity index (χ4v) is 4.52. The van der Waals surface area contributed by atoms with E-state index < -0.39 is 42.4 Å². The Morgan fingerprint density at radius 3 is 2.45 bits per heavy atom. The molecule has 13 heteroatoms. The molecule has 0 aliphatic carbocycles. The molecule has 4 atom stereocenters. The van der Waals surface area contributed by atoms with Gasteiger partial charge in [0.25, 0.3) is 0 Å². The van der Waals surface area contributed by atoms with Gasteiger partial charge in [0.15, 0.2) is 34.4 Å². The molecule has 0 spiro atoms. The Morgan fingerprint density at radius 1 is 1.12 bits per heavy atom. The number of thioether (sulfide) groups is 1. The van der Waals surface area contributed by atoms with E-state index in [1.165, 1.54) is 38.9 Å². The third kappa shape index (κ3) is 6.12. The van der Waals surface area contributed by atoms with Crippen molar-refractivity contribution in [1.29, 1.82) is 0 Å². The lowest BCUT2D eigenvalue weighted by Crippen LogP contribution is -2.40. The number of halogens is 1. The highest BCUT2D eigenvalue weighted by atomic mass is 35.5. The van der Waals surface area contributed by atoms with Gasteiger partial charge in [-0.2, -0.15) is 0 Å². The van der Waals surface area contributed by atoms with Gasteiger partial charge in [-0.3, -0.25) is 19.0 Å². The summed E-state index contributed by atoms with van der Waals surface area (Å²) in [7, 11) is 0. The zero-order valence-electron chi connectivity index (χ0n) is 18.6. The number of nitrogens with zero attached hydrogens (tertiary/aromatic N) is 4. The number of ether oxygens (including phenoxy) is 4. The third-order valence-corrected chi connectivity index (χ3v) is 5.90. The van der Waals surface area contributed by atoms with Gasteiger partial charge >= 0.3 is 17.9 Å². The molecule has 1 fully saturated rings. The van der Waals surface area contributed by atoms with E-state index in [4.69, 9.17) is 30.5 Å². The molecule has 2 aromatic rings. The number of aromatic nitrogens is 4. The fourth-order valence-electron chi connectivity index (χ4n) is 3.34. The van der Waals surface area contributed by atoms with Crippen LogP contribution >= 0.6 is 23.4 Å². The molecule has 1 aliphatic heterocycles. The molecule has 0 amide bonds. The Bertz CT molecular complexity index is 1030. The fraction of sp³-hybridized carbons (Fsp3) is 0.600. The largest absolute Gasteiger partial charge is 0.463 e. The standard InChI is InChI=1S/C20H25ClN4O7S/c1-5-6-7-33-20-23-17(21)14-18(24-20)25(9-22-14)19-16(31-12(4)28)15(30-11(3)27)13(32-19)8-29-10(2)26/h9,13,15-16,19H,5-8H2,1-4H3/t13-,15-,16-,19-/m1/s1. The van der Waals surface area contributed by atoms with Gasteiger partial charge in [0, 0.05) is 26.5 Å². The summed E-state index contributed by atoms with van der Waals surface area (Å²) in [5.41, 5.74) is 0.708. The quantitative estimate of drug-likeness (QED) is 0.126. The van der Waals surface area contributed by atoms with Crippen LogP contribution in [0, 0.1) is 0 Å². The van der Waals surface area contributed by atoms with Crippen LogP contribution in [-0.2, 0) is 33.3 Å². The van der Waals surface area contributed by atoms with Crippen LogP contribution in [0.3, 0.4) is 0 Å². The third-order valence-electron chi connectivity index (χ3n) is 4.70. The van der Waals surface area contributed by atoms with E-state index in [0.717, 1.165) is 18.6 Å². The maximum absolute atomic E-state index is 11.9. The molecule has 33 heavy (non-hydrogen) atoms. The van der Waals surface area contributed by atoms with Crippen LogP contribution in [-0.4, -0.2) is 68.1 Å². The summed E-state index contributed by atoms with van der Waals surface area (Å²) in [5.74, 6) is -0.924. The van der Waals surface area contributed by atoms with E-state index in [1.807, 2.05) is 0 Å². The lowest BCUT2D eigenvalue weighted by molar-refractivity contribution is -0.166. The number of imidazole rings is 1. The van der Waals surface area contributed by atoms with Crippen molar-refractivity contribution >= 4 is 52.4 Å². The second kappa shape index (κ2) is 11.1. The molecule has 0 aromatic carbocycles. The van der Waals surface area contributed by atoms with Crippen molar-refractivity contribution in [1.82, 2.24) is 19.5 Å². The summed E-state index contributed by atoms with van der Waals surface area (Å²) in [5, 5.41) is 0.644. The SMILES string of the molecule is CCCCSc1nc(Cl)c2ncn([C@@H]3O[C@H](COC(C)=O)[C@@H](OC(C)=O)[C@H]3OC(C)=O)c2n1. The molecule has 0 saturated carbocycles. The molecule has 3 heterocycles. The highest BCUT2D eigenvalue weighted by Crippen LogP contribution is 2.37. The second-order valence-electron chi connectivity index (χ2n) is 7.34. The zero-order chi connectivity index (χ0) is 24.1. The van der Waals surface area contributed by atoms with Gasteiger partial charge in [-0.15, -0.1) is 0 Å². The zero-order valence-corrected chi connectivity index (χ0v) is 20.2. The monoisotopic (exact) mass is 500 g/mol. The highest BCUT2D eigenvalue weighted by molar-refractivity contribution is 7.99. The van der Waals surface area contributed by atoms with Gasteiger partial charge in [0.2, 0.25) is 0 Å². The van der Waals surface area contributed by atoms with Crippen molar-refractivity contribution in [2.45, 2.75) is 70.2 Å². The molecular formula is C20H25ClN4O7S. The molecule has 0 N–H and O–H groups in total. The van der Waals surface area contributed by atoms with Crippen LogP contribution in [0.25, 0.3) is 11.2 Å². The molecule has 11 nitrogen and oxygen atoms in total. The topological polar surface area (TPSA) is 132 Å². The maximum Gasteiger partial charge on any atom is 0.303 e. The first-order chi connectivity index (χ1) is 15.7. The number of carbonyl (C=O) groups is 3. The Labute approximate surface area is 199 Å². The summed E-state index contributed by atoms with van der Waals surface area (Å²) < 4.78 is 23.5. The molecule has 0 radical (unpaired) electrons. The van der Waals surface area contributed by atoms with Crippen molar-refractivity contribution < 1.29 is 33.3 Å². The minimum atomic E-state index is -1.05. The molecule has 1 aliphatic rings. The van der Waals surface area contributed by atoms with E-state index in [1.54, 1.807) is 4.57 Å². The van der Waals surface area contributed by atoms with Crippen LogP contribution in [0.1, 0.15) is 46.8 Å². The van der Waals surface area contributed by atoms with Crippen LogP contribution in [0.2, 0.25) is 5.15 Å². The minimum Gasteiger partial charge on any atom is -0.463 e. The summed E-state index contributed by atoms with van der Waals surface area (Å²) >= 11 is 7.79. The average molecular weight is 501 g/mol. The number of hydrogen-bond donors (Lipinski definition) is 0. The predicted molar refractivity (Wildman–Crippen MR) is 118 cm³/mol. The van der Waals surface area contributed by atoms with E-state index >= 15 is 0 Å². The van der Waals surface area contributed by atoms with Gasteiger partial charge in [0.05, 0.1) is 6.33 Å². The molecule has 2 aromatic heterocycles. The first-order valence-electron chi connectivity index (χ1n) is 10.4. The summed E-state index contributed by atoms with van der Waals surface area (Å²) in [6.07, 6.45) is -0.471. The Morgan fingerprint density at radius 2 is 1.82 bits per heavy atom. The first-order valence-corrected chi connectivity index (χ1v) is 11.7. The molecule has 3 rings (SSSR count). The van der Waals surface area contributed by atoms with E-state index in [-0.39, 0.29) is 11.8 Å². The molecule has 0 bridgehead atoms. The Hall–Kier alpha value is -2.44. The summed E-state index contributed by atoms with van der Waals surface area (Å²) in [4.78, 5) is 48.1. The summed E-state index contributed by atoms with van der Waals surface area (Å²) in [6, 6.07) is 0. The lowest BCUT2D eigenvalue weighted by atomic mass is 10.1. The first kappa shape index (κ1) is 25.2. The molecular weight excluding hydrogens is 476 g/mol. The highest BCUT2D eigenvalue weighted by Gasteiger charge is 2.51. The average Bonchev–Trinajstić information content (AvgIpc) is 3.28. The number of fused-ring (bicyclic) bond motifs is 1.